The first-order chi connectivity index (χ1) is 44.8. The van der Waals surface area contributed by atoms with Gasteiger partial charge in [-0.3, -0.25) is 4.79 Å². The Morgan fingerprint density at radius 1 is 0.402 bits per heavy atom. The molecule has 12 N–H and O–H groups in total. The lowest BCUT2D eigenvalue weighted by Crippen LogP contribution is -2.66. The van der Waals surface area contributed by atoms with E-state index in [1.165, 1.54) is 77.0 Å². The van der Waals surface area contributed by atoms with Gasteiger partial charge in [0.1, 0.15) is 73.2 Å². The van der Waals surface area contributed by atoms with Gasteiger partial charge >= 0.3 is 0 Å². The molecule has 1 amide bonds. The van der Waals surface area contributed by atoms with E-state index in [1.54, 1.807) is 0 Å². The van der Waals surface area contributed by atoms with Crippen LogP contribution >= 0.6 is 0 Å². The van der Waals surface area contributed by atoms with Gasteiger partial charge in [0.05, 0.1) is 38.6 Å². The number of carbonyl (C=O) groups excluding carboxylic acids is 1. The summed E-state index contributed by atoms with van der Waals surface area (Å²) in [6.07, 6.45) is 44.5. The van der Waals surface area contributed by atoms with Gasteiger partial charge < -0.3 is 89.9 Å². The summed E-state index contributed by atoms with van der Waals surface area (Å²) in [5, 5.41) is 121. The van der Waals surface area contributed by atoms with Gasteiger partial charge in [-0.05, 0) is 83.5 Å². The number of allylic oxidation sites excluding steroid dienone is 18. The molecule has 3 aliphatic heterocycles. The summed E-state index contributed by atoms with van der Waals surface area (Å²) in [7, 11) is 0. The molecule has 528 valence electrons. The zero-order valence-electron chi connectivity index (χ0n) is 55.7. The Morgan fingerprint density at radius 2 is 0.750 bits per heavy atom. The van der Waals surface area contributed by atoms with E-state index in [1.807, 2.05) is 0 Å². The fourth-order valence-corrected chi connectivity index (χ4v) is 11.2. The van der Waals surface area contributed by atoms with Crippen LogP contribution in [-0.2, 0) is 33.2 Å². The lowest BCUT2D eigenvalue weighted by atomic mass is 9.96. The summed E-state index contributed by atoms with van der Waals surface area (Å²) < 4.78 is 34.4. The number of rotatable bonds is 52. The van der Waals surface area contributed by atoms with Crippen molar-refractivity contribution in [2.75, 3.05) is 26.4 Å². The first-order valence-corrected chi connectivity index (χ1v) is 35.1. The molecule has 3 fully saturated rings. The summed E-state index contributed by atoms with van der Waals surface area (Å²) >= 11 is 0. The highest BCUT2D eigenvalue weighted by atomic mass is 16.8. The van der Waals surface area contributed by atoms with E-state index in [-0.39, 0.29) is 18.9 Å². The van der Waals surface area contributed by atoms with Gasteiger partial charge in [0.25, 0.3) is 0 Å². The lowest BCUT2D eigenvalue weighted by Gasteiger charge is -2.48. The Bertz CT molecular complexity index is 2090. The Kier molecular flexibility index (Phi) is 48.1. The van der Waals surface area contributed by atoms with E-state index in [4.69, 9.17) is 28.4 Å². The quantitative estimate of drug-likeness (QED) is 0.0199. The van der Waals surface area contributed by atoms with Crippen LogP contribution in [0.25, 0.3) is 0 Å². The summed E-state index contributed by atoms with van der Waals surface area (Å²) in [5.41, 5.74) is 0. The third-order valence-electron chi connectivity index (χ3n) is 16.9. The molecule has 3 rings (SSSR count). The maximum atomic E-state index is 13.4. The van der Waals surface area contributed by atoms with Gasteiger partial charge in [-0.15, -0.1) is 0 Å². The molecule has 0 radical (unpaired) electrons. The highest BCUT2D eigenvalue weighted by molar-refractivity contribution is 5.76. The van der Waals surface area contributed by atoms with Crippen molar-refractivity contribution in [3.8, 4) is 0 Å². The Morgan fingerprint density at radius 3 is 1.16 bits per heavy atom. The van der Waals surface area contributed by atoms with Crippen LogP contribution in [0.3, 0.4) is 0 Å². The molecule has 17 unspecified atom stereocenters. The third kappa shape index (κ3) is 34.9. The first-order valence-electron chi connectivity index (χ1n) is 35.1. The largest absolute Gasteiger partial charge is 0.394 e. The molecule has 19 nitrogen and oxygen atoms in total. The number of amides is 1. The SMILES string of the molecule is CC/C=C\C/C=C\C/C=C\C/C=C\C/C=C\C/C=C\C/C=C\C/C=C\C/C=C\CCCCCC(=O)NC(COC1OC(CO)C(OC2OC(CO)C(OC3OC(CO)C(O)C(O)C3O)C(O)C2O)C(O)C1O)C(O)CCCCCCCCCCCCCCCCCC. The molecular formula is C73H123NO18. The number of ether oxygens (including phenoxy) is 6. The highest BCUT2D eigenvalue weighted by Crippen LogP contribution is 2.33. The van der Waals surface area contributed by atoms with Crippen molar-refractivity contribution in [1.29, 1.82) is 0 Å². The second-order valence-corrected chi connectivity index (χ2v) is 24.6. The van der Waals surface area contributed by atoms with E-state index in [0.29, 0.717) is 19.3 Å². The van der Waals surface area contributed by atoms with E-state index < -0.39 is 124 Å². The second kappa shape index (κ2) is 53.6. The van der Waals surface area contributed by atoms with E-state index >= 15 is 0 Å². The van der Waals surface area contributed by atoms with Crippen molar-refractivity contribution < 1.29 is 89.4 Å². The smallest absolute Gasteiger partial charge is 0.220 e. The fraction of sp³-hybridized carbons (Fsp3) is 0.740. The maximum absolute atomic E-state index is 13.4. The number of nitrogens with one attached hydrogen (secondary N) is 1. The molecule has 0 aromatic rings. The lowest BCUT2D eigenvalue weighted by molar-refractivity contribution is -0.379. The molecule has 19 heteroatoms. The van der Waals surface area contributed by atoms with Crippen LogP contribution in [0, 0.1) is 0 Å². The predicted molar refractivity (Wildman–Crippen MR) is 360 cm³/mol. The summed E-state index contributed by atoms with van der Waals surface area (Å²) in [6, 6.07) is -0.914. The Balaban J connectivity index is 1.43. The van der Waals surface area contributed by atoms with Gasteiger partial charge in [-0.2, -0.15) is 0 Å². The van der Waals surface area contributed by atoms with Crippen LogP contribution in [0.1, 0.15) is 213 Å². The van der Waals surface area contributed by atoms with E-state index in [0.717, 1.165) is 96.3 Å². The van der Waals surface area contributed by atoms with Gasteiger partial charge in [-0.25, -0.2) is 0 Å². The summed E-state index contributed by atoms with van der Waals surface area (Å²) in [4.78, 5) is 13.4. The molecule has 17 atom stereocenters. The minimum Gasteiger partial charge on any atom is -0.394 e. The Hall–Kier alpha value is -3.55. The van der Waals surface area contributed by atoms with Crippen LogP contribution in [0.15, 0.2) is 109 Å². The zero-order valence-corrected chi connectivity index (χ0v) is 55.7. The molecule has 0 aromatic heterocycles. The van der Waals surface area contributed by atoms with Crippen molar-refractivity contribution in [3.63, 3.8) is 0 Å². The topological polar surface area (TPSA) is 307 Å². The molecule has 0 saturated carbocycles. The first kappa shape index (κ1) is 82.7. The highest BCUT2D eigenvalue weighted by Gasteiger charge is 2.53. The summed E-state index contributed by atoms with van der Waals surface area (Å²) in [6.45, 7) is 1.65. The van der Waals surface area contributed by atoms with E-state index in [2.05, 4.69) is 129 Å². The van der Waals surface area contributed by atoms with Gasteiger partial charge in [0.15, 0.2) is 18.9 Å². The van der Waals surface area contributed by atoms with Crippen molar-refractivity contribution in [1.82, 2.24) is 5.32 Å². The van der Waals surface area contributed by atoms with Crippen LogP contribution in [0.2, 0.25) is 0 Å². The van der Waals surface area contributed by atoms with Crippen LogP contribution < -0.4 is 5.32 Å². The van der Waals surface area contributed by atoms with Crippen LogP contribution in [0.5, 0.6) is 0 Å². The number of hydrogen-bond acceptors (Lipinski definition) is 18. The van der Waals surface area contributed by atoms with Crippen molar-refractivity contribution in [2.24, 2.45) is 0 Å². The number of unbranched alkanes of at least 4 members (excludes halogenated alkanes) is 18. The molecule has 3 saturated heterocycles. The predicted octanol–water partition coefficient (Wildman–Crippen LogP) is 9.44. The van der Waals surface area contributed by atoms with Crippen LogP contribution in [-0.4, -0.2) is 193 Å². The number of aliphatic hydroxyl groups excluding tert-OH is 11. The minimum atomic E-state index is -1.98. The number of carbonyl (C=O) groups is 1. The molecule has 0 bridgehead atoms. The molecule has 0 aliphatic carbocycles. The molecule has 92 heavy (non-hydrogen) atoms. The van der Waals surface area contributed by atoms with Gasteiger partial charge in [0.2, 0.25) is 5.91 Å². The zero-order chi connectivity index (χ0) is 66.8. The van der Waals surface area contributed by atoms with Crippen molar-refractivity contribution in [2.45, 2.75) is 317 Å². The van der Waals surface area contributed by atoms with Crippen molar-refractivity contribution >= 4 is 5.91 Å². The number of aliphatic hydroxyl groups is 11. The van der Waals surface area contributed by atoms with Crippen molar-refractivity contribution in [3.05, 3.63) is 109 Å². The minimum absolute atomic E-state index is 0.219. The monoisotopic (exact) mass is 1300 g/mol. The van der Waals surface area contributed by atoms with Crippen LogP contribution in [0.4, 0.5) is 0 Å². The summed E-state index contributed by atoms with van der Waals surface area (Å²) in [5.74, 6) is -0.279. The Labute approximate surface area is 551 Å². The van der Waals surface area contributed by atoms with E-state index in [9.17, 15) is 61.0 Å². The number of hydrogen-bond donors (Lipinski definition) is 12. The third-order valence-corrected chi connectivity index (χ3v) is 16.9. The van der Waals surface area contributed by atoms with Gasteiger partial charge in [0, 0.05) is 6.42 Å². The molecule has 0 aromatic carbocycles. The normalized spacial score (nSPS) is 28.4. The average Bonchev–Trinajstić information content (AvgIpc) is 0.834. The second-order valence-electron chi connectivity index (χ2n) is 24.6. The standard InChI is InChI=1S/C73H123NO18/c1-3-5-7-9-11-13-15-17-19-21-22-23-24-25-26-27-28-29-30-31-32-33-34-35-37-39-41-43-45-47-49-51-61(79)74-56(57(78)50-48-46-44-42-40-38-36-20-18-16-14-12-10-8-6-4-2)55-87-71-67(85)64(82)69(59(53-76)89-71)92-73-68(86)65(83)70(60(54-77)90-73)91-72-66(84)63(81)62(80)58(52-75)88-72/h5,7,11,13,17,19,22-23,25-26,28-29,31-32,34-35,39,41,56-60,62-73,75-78,80-86H,3-4,6,8-10,12,14-16,18,20-21,24,27,30,33,36-38,40,42-55H2,1-2H3,(H,74,79)/b7-5-,13-11-,19-17-,23-22-,26-25-,29-28-,32-31-,35-34-,41-39-. The average molecular weight is 1300 g/mol. The molecule has 3 aliphatic rings. The maximum Gasteiger partial charge on any atom is 0.220 e. The molecule has 3 heterocycles. The molecule has 0 spiro atoms. The van der Waals surface area contributed by atoms with Gasteiger partial charge in [-0.1, -0.05) is 232 Å². The fourth-order valence-electron chi connectivity index (χ4n) is 11.2. The molecular weight excluding hydrogens is 1180 g/mol.